The first-order valence-corrected chi connectivity index (χ1v) is 9.32. The van der Waals surface area contributed by atoms with Crippen molar-refractivity contribution in [1.82, 2.24) is 9.97 Å². The molecule has 8 heteroatoms. The second-order valence-corrected chi connectivity index (χ2v) is 6.60. The number of hydrogen-bond acceptors (Lipinski definition) is 6. The quantitative estimate of drug-likeness (QED) is 0.762. The van der Waals surface area contributed by atoms with E-state index in [-0.39, 0.29) is 29.7 Å². The lowest BCUT2D eigenvalue weighted by Crippen LogP contribution is -2.45. The van der Waals surface area contributed by atoms with E-state index in [1.807, 2.05) is 24.3 Å². The molecule has 1 aromatic heterocycles. The molecule has 0 radical (unpaired) electrons. The van der Waals surface area contributed by atoms with Crippen LogP contribution in [0.3, 0.4) is 0 Å². The van der Waals surface area contributed by atoms with Gasteiger partial charge in [-0.15, -0.1) is 11.6 Å². The van der Waals surface area contributed by atoms with E-state index >= 15 is 0 Å². The van der Waals surface area contributed by atoms with Gasteiger partial charge in [-0.05, 0) is 37.3 Å². The fourth-order valence-corrected chi connectivity index (χ4v) is 3.67. The standard InChI is InChI=1S/C19H23ClN4O3/c1-26-15-6-4-3-5-12(15)7-8-13-9-10-14-17(24(13)16(25)11-20)18(21)23-19(22-14)27-2/h3-6,13H,7-11H2,1-2H3,(H2,21,22,23). The maximum Gasteiger partial charge on any atom is 0.318 e. The molecule has 0 spiro atoms. The summed E-state index contributed by atoms with van der Waals surface area (Å²) in [7, 11) is 3.15. The predicted molar refractivity (Wildman–Crippen MR) is 105 cm³/mol. The first-order chi connectivity index (χ1) is 13.1. The number of amides is 1. The number of para-hydroxylation sites is 1. The van der Waals surface area contributed by atoms with E-state index in [9.17, 15) is 4.79 Å². The molecule has 1 aliphatic rings. The summed E-state index contributed by atoms with van der Waals surface area (Å²) in [6.45, 7) is 0. The van der Waals surface area contributed by atoms with Crippen molar-refractivity contribution in [2.45, 2.75) is 31.7 Å². The monoisotopic (exact) mass is 390 g/mol. The average Bonchev–Trinajstić information content (AvgIpc) is 2.71. The van der Waals surface area contributed by atoms with Gasteiger partial charge in [-0.1, -0.05) is 18.2 Å². The third kappa shape index (κ3) is 3.93. The Kier molecular flexibility index (Phi) is 6.01. The van der Waals surface area contributed by atoms with Crippen LogP contribution in [0.2, 0.25) is 0 Å². The molecule has 2 N–H and O–H groups in total. The number of ether oxygens (including phenoxy) is 2. The lowest BCUT2D eigenvalue weighted by molar-refractivity contribution is -0.116. The number of rotatable bonds is 6. The predicted octanol–water partition coefficient (Wildman–Crippen LogP) is 2.60. The lowest BCUT2D eigenvalue weighted by Gasteiger charge is -2.37. The van der Waals surface area contributed by atoms with Crippen LogP contribution in [0.4, 0.5) is 11.5 Å². The number of nitrogens with two attached hydrogens (primary N) is 1. The summed E-state index contributed by atoms with van der Waals surface area (Å²) in [5.41, 5.74) is 8.50. The molecule has 0 saturated heterocycles. The molecule has 1 atom stereocenters. The van der Waals surface area contributed by atoms with Gasteiger partial charge >= 0.3 is 6.01 Å². The smallest absolute Gasteiger partial charge is 0.318 e. The maximum absolute atomic E-state index is 12.6. The number of fused-ring (bicyclic) bond motifs is 1. The van der Waals surface area contributed by atoms with Gasteiger partial charge in [0.05, 0.1) is 19.9 Å². The van der Waals surface area contributed by atoms with E-state index in [1.54, 1.807) is 12.0 Å². The van der Waals surface area contributed by atoms with Gasteiger partial charge < -0.3 is 20.1 Å². The second-order valence-electron chi connectivity index (χ2n) is 6.33. The number of aryl methyl sites for hydroxylation is 2. The van der Waals surface area contributed by atoms with Gasteiger partial charge in [-0.3, -0.25) is 4.79 Å². The fourth-order valence-electron chi connectivity index (χ4n) is 3.54. The van der Waals surface area contributed by atoms with Crippen molar-refractivity contribution in [3.8, 4) is 11.8 Å². The number of hydrogen-bond donors (Lipinski definition) is 1. The van der Waals surface area contributed by atoms with Crippen LogP contribution in [-0.2, 0) is 17.6 Å². The fraction of sp³-hybridized carbons (Fsp3) is 0.421. The number of halogens is 1. The first-order valence-electron chi connectivity index (χ1n) is 8.79. The Labute approximate surface area is 163 Å². The Balaban J connectivity index is 1.89. The van der Waals surface area contributed by atoms with E-state index in [4.69, 9.17) is 26.8 Å². The van der Waals surface area contributed by atoms with Gasteiger partial charge in [-0.2, -0.15) is 9.97 Å². The van der Waals surface area contributed by atoms with Crippen LogP contribution in [0.15, 0.2) is 24.3 Å². The van der Waals surface area contributed by atoms with Crippen molar-refractivity contribution in [2.75, 3.05) is 30.7 Å². The van der Waals surface area contributed by atoms with Gasteiger partial charge in [0.25, 0.3) is 0 Å². The molecule has 1 amide bonds. The number of anilines is 2. The molecule has 1 aromatic carbocycles. The Morgan fingerprint density at radius 1 is 1.30 bits per heavy atom. The molecule has 3 rings (SSSR count). The third-order valence-corrected chi connectivity index (χ3v) is 5.02. The Bertz CT molecular complexity index is 831. The van der Waals surface area contributed by atoms with Gasteiger partial charge in [0, 0.05) is 6.04 Å². The average molecular weight is 391 g/mol. The molecule has 0 fully saturated rings. The van der Waals surface area contributed by atoms with Crippen LogP contribution >= 0.6 is 11.6 Å². The van der Waals surface area contributed by atoms with Crippen molar-refractivity contribution < 1.29 is 14.3 Å². The molecule has 0 bridgehead atoms. The largest absolute Gasteiger partial charge is 0.496 e. The summed E-state index contributed by atoms with van der Waals surface area (Å²) in [5.74, 6) is 0.743. The first kappa shape index (κ1) is 19.2. The highest BCUT2D eigenvalue weighted by Gasteiger charge is 2.34. The topological polar surface area (TPSA) is 90.6 Å². The summed E-state index contributed by atoms with van der Waals surface area (Å²) >= 11 is 5.88. The molecule has 2 heterocycles. The number of aromatic nitrogens is 2. The van der Waals surface area contributed by atoms with Crippen molar-refractivity contribution >= 4 is 29.0 Å². The highest BCUT2D eigenvalue weighted by molar-refractivity contribution is 6.29. The zero-order valence-corrected chi connectivity index (χ0v) is 16.2. The summed E-state index contributed by atoms with van der Waals surface area (Å²) in [5, 5.41) is 0. The van der Waals surface area contributed by atoms with Gasteiger partial charge in [0.15, 0.2) is 5.82 Å². The molecule has 2 aromatic rings. The second kappa shape index (κ2) is 8.43. The summed E-state index contributed by atoms with van der Waals surface area (Å²) in [4.78, 5) is 22.8. The van der Waals surface area contributed by atoms with E-state index in [2.05, 4.69) is 9.97 Å². The minimum absolute atomic E-state index is 0.0343. The summed E-state index contributed by atoms with van der Waals surface area (Å²) in [6.07, 6.45) is 2.99. The number of carbonyl (C=O) groups is 1. The van der Waals surface area contributed by atoms with Crippen LogP contribution < -0.4 is 20.1 Å². The number of nitrogens with zero attached hydrogens (tertiary/aromatic N) is 3. The molecular formula is C19H23ClN4O3. The molecule has 1 unspecified atom stereocenters. The van der Waals surface area contributed by atoms with Crippen LogP contribution in [0, 0.1) is 0 Å². The van der Waals surface area contributed by atoms with E-state index in [1.165, 1.54) is 7.11 Å². The molecular weight excluding hydrogens is 368 g/mol. The van der Waals surface area contributed by atoms with Crippen LogP contribution in [0.1, 0.15) is 24.1 Å². The van der Waals surface area contributed by atoms with Gasteiger partial charge in [0.2, 0.25) is 5.91 Å². The molecule has 0 saturated carbocycles. The summed E-state index contributed by atoms with van der Waals surface area (Å²) in [6, 6.07) is 8.06. The number of alkyl halides is 1. The molecule has 1 aliphatic heterocycles. The van der Waals surface area contributed by atoms with Crippen molar-refractivity contribution in [2.24, 2.45) is 0 Å². The zero-order chi connectivity index (χ0) is 19.4. The minimum Gasteiger partial charge on any atom is -0.496 e. The van der Waals surface area contributed by atoms with Gasteiger partial charge in [0.1, 0.15) is 17.3 Å². The highest BCUT2D eigenvalue weighted by Crippen LogP contribution is 2.37. The normalized spacial score (nSPS) is 16.0. The van der Waals surface area contributed by atoms with Crippen molar-refractivity contribution in [3.05, 3.63) is 35.5 Å². The Hall–Kier alpha value is -2.54. The number of carbonyl (C=O) groups excluding carboxylic acids is 1. The summed E-state index contributed by atoms with van der Waals surface area (Å²) < 4.78 is 10.5. The molecule has 27 heavy (non-hydrogen) atoms. The van der Waals surface area contributed by atoms with Crippen LogP contribution in [-0.4, -0.2) is 42.0 Å². The Morgan fingerprint density at radius 3 is 2.78 bits per heavy atom. The zero-order valence-electron chi connectivity index (χ0n) is 15.4. The molecule has 0 aliphatic carbocycles. The lowest BCUT2D eigenvalue weighted by atomic mass is 9.94. The molecule has 144 valence electrons. The van der Waals surface area contributed by atoms with E-state index in [0.717, 1.165) is 30.6 Å². The Morgan fingerprint density at radius 2 is 2.07 bits per heavy atom. The number of benzene rings is 1. The van der Waals surface area contributed by atoms with Crippen LogP contribution in [0.25, 0.3) is 0 Å². The maximum atomic E-state index is 12.6. The third-order valence-electron chi connectivity index (χ3n) is 4.79. The van der Waals surface area contributed by atoms with Crippen molar-refractivity contribution in [3.63, 3.8) is 0 Å². The SMILES string of the molecule is COc1nc(N)c2c(n1)CCC(CCc1ccccc1OC)N2C(=O)CCl. The highest BCUT2D eigenvalue weighted by atomic mass is 35.5. The molecule has 7 nitrogen and oxygen atoms in total. The number of nitrogen functional groups attached to an aromatic ring is 1. The van der Waals surface area contributed by atoms with Gasteiger partial charge in [-0.25, -0.2) is 0 Å². The van der Waals surface area contributed by atoms with Crippen LogP contribution in [0.5, 0.6) is 11.8 Å². The van der Waals surface area contributed by atoms with E-state index < -0.39 is 0 Å². The number of methoxy groups -OCH3 is 2. The van der Waals surface area contributed by atoms with E-state index in [0.29, 0.717) is 17.8 Å². The van der Waals surface area contributed by atoms with Crippen molar-refractivity contribution in [1.29, 1.82) is 0 Å². The minimum atomic E-state index is -0.205.